The lowest BCUT2D eigenvalue weighted by Gasteiger charge is -2.41. The van der Waals surface area contributed by atoms with Crippen molar-refractivity contribution in [1.82, 2.24) is 0 Å². The fraction of sp³-hybridized carbons (Fsp3) is 0.297. The summed E-state index contributed by atoms with van der Waals surface area (Å²) in [6.07, 6.45) is 22.5. The number of fused-ring (bicyclic) bond motifs is 1. The standard InChI is InChI=1S/C37H40OSi/c1-37(31-17-12-13-18-31,36-27-26-30-16-11-14-25-35(30)36)28-15-29-38-39(32-19-5-2-6-20-32,33-21-7-3-8-22-33)34-23-9-4-10-24-34/h2-14,16-17,19-25,30,35-36H,15,18,26-29H2,1H3. The summed E-state index contributed by atoms with van der Waals surface area (Å²) in [6, 6.07) is 32.9. The van der Waals surface area contributed by atoms with E-state index in [0.717, 1.165) is 25.9 Å². The summed E-state index contributed by atoms with van der Waals surface area (Å²) < 4.78 is 7.29. The molecule has 39 heavy (non-hydrogen) atoms. The monoisotopic (exact) mass is 528 g/mol. The summed E-state index contributed by atoms with van der Waals surface area (Å²) >= 11 is 0. The van der Waals surface area contributed by atoms with Crippen LogP contribution in [0.2, 0.25) is 0 Å². The number of hydrogen-bond acceptors (Lipinski definition) is 1. The molecule has 0 saturated heterocycles. The first-order chi connectivity index (χ1) is 19.2. The summed E-state index contributed by atoms with van der Waals surface area (Å²) in [5, 5.41) is 3.93. The van der Waals surface area contributed by atoms with Crippen molar-refractivity contribution in [2.24, 2.45) is 23.2 Å². The Morgan fingerprint density at radius 1 is 0.744 bits per heavy atom. The zero-order chi connectivity index (χ0) is 26.5. The van der Waals surface area contributed by atoms with Gasteiger partial charge < -0.3 is 4.43 Å². The first kappa shape index (κ1) is 26.0. The van der Waals surface area contributed by atoms with Gasteiger partial charge in [-0.1, -0.05) is 146 Å². The minimum atomic E-state index is -2.66. The topological polar surface area (TPSA) is 9.23 Å². The maximum Gasteiger partial charge on any atom is 0.288 e. The highest BCUT2D eigenvalue weighted by Crippen LogP contribution is 2.55. The van der Waals surface area contributed by atoms with Gasteiger partial charge in [0.25, 0.3) is 8.32 Å². The molecule has 3 aliphatic rings. The first-order valence-corrected chi connectivity index (χ1v) is 16.6. The van der Waals surface area contributed by atoms with Crippen LogP contribution in [0.5, 0.6) is 0 Å². The van der Waals surface area contributed by atoms with Gasteiger partial charge in [-0.3, -0.25) is 0 Å². The van der Waals surface area contributed by atoms with Crippen LogP contribution in [0.1, 0.15) is 39.0 Å². The molecule has 1 saturated carbocycles. The Kier molecular flexibility index (Phi) is 7.68. The highest BCUT2D eigenvalue weighted by molar-refractivity contribution is 7.07. The van der Waals surface area contributed by atoms with E-state index < -0.39 is 8.32 Å². The van der Waals surface area contributed by atoms with Crippen molar-refractivity contribution in [1.29, 1.82) is 0 Å². The number of hydrogen-bond donors (Lipinski definition) is 0. The molecular weight excluding hydrogens is 488 g/mol. The normalized spacial score (nSPS) is 23.4. The maximum absolute atomic E-state index is 7.29. The van der Waals surface area contributed by atoms with Gasteiger partial charge in [-0.05, 0) is 70.8 Å². The van der Waals surface area contributed by atoms with Crippen LogP contribution < -0.4 is 15.6 Å². The van der Waals surface area contributed by atoms with Crippen molar-refractivity contribution in [3.05, 3.63) is 139 Å². The fourth-order valence-electron chi connectivity index (χ4n) is 7.59. The van der Waals surface area contributed by atoms with Gasteiger partial charge in [0, 0.05) is 6.61 Å². The van der Waals surface area contributed by atoms with Gasteiger partial charge in [-0.15, -0.1) is 0 Å². The molecule has 0 heterocycles. The van der Waals surface area contributed by atoms with Gasteiger partial charge in [0.1, 0.15) is 0 Å². The van der Waals surface area contributed by atoms with E-state index in [0.29, 0.717) is 17.8 Å². The largest absolute Gasteiger partial charge is 0.404 e. The molecule has 1 fully saturated rings. The Bertz CT molecular complexity index is 1260. The van der Waals surface area contributed by atoms with E-state index in [1.54, 1.807) is 5.57 Å². The summed E-state index contributed by atoms with van der Waals surface area (Å²) in [5.41, 5.74) is 1.81. The zero-order valence-electron chi connectivity index (χ0n) is 23.1. The Morgan fingerprint density at radius 2 is 1.33 bits per heavy atom. The highest BCUT2D eigenvalue weighted by atomic mass is 28.4. The van der Waals surface area contributed by atoms with E-state index in [9.17, 15) is 0 Å². The Balaban J connectivity index is 1.29. The highest BCUT2D eigenvalue weighted by Gasteiger charge is 2.47. The molecule has 0 spiro atoms. The third-order valence-electron chi connectivity index (χ3n) is 9.60. The van der Waals surface area contributed by atoms with Crippen molar-refractivity contribution < 1.29 is 4.43 Å². The van der Waals surface area contributed by atoms with E-state index in [1.165, 1.54) is 28.4 Å². The van der Waals surface area contributed by atoms with Crippen LogP contribution in [0.25, 0.3) is 0 Å². The smallest absolute Gasteiger partial charge is 0.288 e. The van der Waals surface area contributed by atoms with Gasteiger partial charge in [-0.25, -0.2) is 0 Å². The van der Waals surface area contributed by atoms with Crippen molar-refractivity contribution in [2.45, 2.75) is 39.0 Å². The average molecular weight is 529 g/mol. The second-order valence-corrected chi connectivity index (χ2v) is 15.1. The molecule has 0 radical (unpaired) electrons. The molecule has 0 aliphatic heterocycles. The molecule has 198 valence electrons. The zero-order valence-corrected chi connectivity index (χ0v) is 24.1. The Labute approximate surface area is 235 Å². The quantitative estimate of drug-likeness (QED) is 0.155. The molecule has 0 aromatic heterocycles. The summed E-state index contributed by atoms with van der Waals surface area (Å²) in [7, 11) is -2.66. The molecule has 0 bridgehead atoms. The van der Waals surface area contributed by atoms with E-state index >= 15 is 0 Å². The first-order valence-electron chi connectivity index (χ1n) is 14.7. The lowest BCUT2D eigenvalue weighted by molar-refractivity contribution is 0.164. The predicted octanol–water partition coefficient (Wildman–Crippen LogP) is 7.11. The van der Waals surface area contributed by atoms with Crippen LogP contribution in [0, 0.1) is 23.2 Å². The van der Waals surface area contributed by atoms with E-state index in [4.69, 9.17) is 4.43 Å². The van der Waals surface area contributed by atoms with Crippen LogP contribution in [0.4, 0.5) is 0 Å². The second kappa shape index (κ2) is 11.5. The second-order valence-electron chi connectivity index (χ2n) is 11.7. The van der Waals surface area contributed by atoms with Gasteiger partial charge in [0.2, 0.25) is 0 Å². The van der Waals surface area contributed by atoms with E-state index in [2.05, 4.69) is 140 Å². The molecule has 4 atom stereocenters. The Morgan fingerprint density at radius 3 is 1.90 bits per heavy atom. The third kappa shape index (κ3) is 4.97. The molecule has 3 aromatic carbocycles. The molecule has 3 aliphatic carbocycles. The molecule has 3 aromatic rings. The number of allylic oxidation sites excluding steroid dienone is 8. The van der Waals surface area contributed by atoms with Crippen LogP contribution in [0.15, 0.2) is 139 Å². The van der Waals surface area contributed by atoms with Gasteiger partial charge in [-0.2, -0.15) is 0 Å². The van der Waals surface area contributed by atoms with Crippen molar-refractivity contribution in [2.75, 3.05) is 6.61 Å². The van der Waals surface area contributed by atoms with Crippen LogP contribution in [0.3, 0.4) is 0 Å². The molecule has 0 N–H and O–H groups in total. The van der Waals surface area contributed by atoms with Crippen molar-refractivity contribution in [3.63, 3.8) is 0 Å². The van der Waals surface area contributed by atoms with Crippen molar-refractivity contribution >= 4 is 23.9 Å². The maximum atomic E-state index is 7.29. The third-order valence-corrected chi connectivity index (χ3v) is 13.7. The molecule has 0 amide bonds. The molecular formula is C37H40OSi. The molecule has 4 unspecified atom stereocenters. The molecule has 6 rings (SSSR count). The summed E-state index contributed by atoms with van der Waals surface area (Å²) in [6.45, 7) is 3.32. The van der Waals surface area contributed by atoms with Gasteiger partial charge >= 0.3 is 0 Å². The van der Waals surface area contributed by atoms with Crippen LogP contribution in [-0.4, -0.2) is 14.9 Å². The fourth-order valence-corrected chi connectivity index (χ4v) is 11.5. The lowest BCUT2D eigenvalue weighted by atomic mass is 9.63. The van der Waals surface area contributed by atoms with E-state index in [-0.39, 0.29) is 5.41 Å². The minimum absolute atomic E-state index is 0.193. The SMILES string of the molecule is CC(CCCO[Si](c1ccccc1)(c1ccccc1)c1ccccc1)(C1=CC=CC1)C1CCC2C=CC=CC21. The van der Waals surface area contributed by atoms with Crippen molar-refractivity contribution in [3.8, 4) is 0 Å². The van der Waals surface area contributed by atoms with Crippen LogP contribution in [-0.2, 0) is 4.43 Å². The summed E-state index contributed by atoms with van der Waals surface area (Å²) in [5.74, 6) is 2.06. The lowest BCUT2D eigenvalue weighted by Crippen LogP contribution is -2.69. The molecule has 1 nitrogen and oxygen atoms in total. The predicted molar refractivity (Wildman–Crippen MR) is 167 cm³/mol. The van der Waals surface area contributed by atoms with Crippen LogP contribution >= 0.6 is 0 Å². The average Bonchev–Trinajstić information content (AvgIpc) is 3.70. The van der Waals surface area contributed by atoms with Gasteiger partial charge in [0.15, 0.2) is 0 Å². The Hall–Kier alpha value is -3.20. The summed E-state index contributed by atoms with van der Waals surface area (Å²) in [4.78, 5) is 0. The van der Waals surface area contributed by atoms with E-state index in [1.807, 2.05) is 0 Å². The number of benzene rings is 3. The minimum Gasteiger partial charge on any atom is -0.404 e. The molecule has 2 heteroatoms. The van der Waals surface area contributed by atoms with Gasteiger partial charge in [0.05, 0.1) is 0 Å². The number of rotatable bonds is 10.